The molecule has 1 aromatic rings. The number of benzene rings is 1. The molecule has 0 aromatic heterocycles. The van der Waals surface area contributed by atoms with Crippen molar-refractivity contribution >= 4 is 5.78 Å². The fraction of sp³-hybridized carbons (Fsp3) is 0.364. The third-order valence-corrected chi connectivity index (χ3v) is 2.06. The lowest BCUT2D eigenvalue weighted by atomic mass is 10.0. The van der Waals surface area contributed by atoms with Crippen LogP contribution in [0.15, 0.2) is 18.2 Å². The summed E-state index contributed by atoms with van der Waals surface area (Å²) in [5.41, 5.74) is -0.393. The quantitative estimate of drug-likeness (QED) is 0.781. The Labute approximate surface area is 86.5 Å². The van der Waals surface area contributed by atoms with E-state index >= 15 is 0 Å². The van der Waals surface area contributed by atoms with Gasteiger partial charge >= 0.3 is 0 Å². The number of hydrogen-bond acceptors (Lipinski definition) is 2. The predicted octanol–water partition coefficient (Wildman–Crippen LogP) is 2.31. The first-order valence-electron chi connectivity index (χ1n) is 4.73. The van der Waals surface area contributed by atoms with Crippen LogP contribution in [0.2, 0.25) is 0 Å². The monoisotopic (exact) mass is 214 g/mol. The summed E-state index contributed by atoms with van der Waals surface area (Å²) < 4.78 is 25.9. The average molecular weight is 214 g/mol. The van der Waals surface area contributed by atoms with Gasteiger partial charge in [0.2, 0.25) is 0 Å². The predicted molar refractivity (Wildman–Crippen MR) is 51.6 cm³/mol. The molecule has 2 nitrogen and oxygen atoms in total. The zero-order valence-corrected chi connectivity index (χ0v) is 8.34. The maximum absolute atomic E-state index is 13.1. The van der Waals surface area contributed by atoms with Crippen molar-refractivity contribution in [2.75, 3.05) is 0 Å². The first-order chi connectivity index (χ1) is 7.06. The van der Waals surface area contributed by atoms with Crippen molar-refractivity contribution in [1.29, 1.82) is 0 Å². The standard InChI is InChI=1S/C11H12F2O2/c1-2-3-10(14)11(15)8-6-7(12)4-5-9(8)13/h4-6,10,14H,2-3H2,1H3. The van der Waals surface area contributed by atoms with Crippen LogP contribution in [-0.4, -0.2) is 17.0 Å². The Morgan fingerprint density at radius 2 is 2.13 bits per heavy atom. The molecule has 1 rings (SSSR count). The maximum Gasteiger partial charge on any atom is 0.194 e. The minimum atomic E-state index is -1.26. The molecule has 0 saturated carbocycles. The zero-order chi connectivity index (χ0) is 11.4. The van der Waals surface area contributed by atoms with E-state index in [-0.39, 0.29) is 6.42 Å². The van der Waals surface area contributed by atoms with Gasteiger partial charge in [-0.25, -0.2) is 8.78 Å². The molecule has 1 N–H and O–H groups in total. The van der Waals surface area contributed by atoms with Crippen molar-refractivity contribution in [3.05, 3.63) is 35.4 Å². The summed E-state index contributed by atoms with van der Waals surface area (Å²) in [6.07, 6.45) is -0.412. The van der Waals surface area contributed by atoms with Crippen molar-refractivity contribution < 1.29 is 18.7 Å². The number of halogens is 2. The molecule has 1 unspecified atom stereocenters. The molecule has 1 atom stereocenters. The number of carbonyl (C=O) groups excluding carboxylic acids is 1. The molecular formula is C11H12F2O2. The van der Waals surface area contributed by atoms with Crippen LogP contribution in [0.3, 0.4) is 0 Å². The highest BCUT2D eigenvalue weighted by molar-refractivity contribution is 5.99. The van der Waals surface area contributed by atoms with E-state index in [0.29, 0.717) is 6.42 Å². The van der Waals surface area contributed by atoms with Crippen molar-refractivity contribution in [2.45, 2.75) is 25.9 Å². The van der Waals surface area contributed by atoms with Crippen LogP contribution >= 0.6 is 0 Å². The molecule has 0 aliphatic carbocycles. The first-order valence-corrected chi connectivity index (χ1v) is 4.73. The molecule has 0 bridgehead atoms. The average Bonchev–Trinajstić information content (AvgIpc) is 2.21. The van der Waals surface area contributed by atoms with Crippen LogP contribution in [0.4, 0.5) is 8.78 Å². The molecule has 0 amide bonds. The fourth-order valence-corrected chi connectivity index (χ4v) is 1.27. The van der Waals surface area contributed by atoms with Gasteiger partial charge in [0, 0.05) is 0 Å². The molecular weight excluding hydrogens is 202 g/mol. The van der Waals surface area contributed by atoms with E-state index in [0.717, 1.165) is 18.2 Å². The van der Waals surface area contributed by atoms with Crippen LogP contribution in [0.5, 0.6) is 0 Å². The van der Waals surface area contributed by atoms with Crippen LogP contribution in [0.25, 0.3) is 0 Å². The van der Waals surface area contributed by atoms with E-state index in [9.17, 15) is 18.7 Å². The lowest BCUT2D eigenvalue weighted by Crippen LogP contribution is -2.21. The van der Waals surface area contributed by atoms with Gasteiger partial charge in [-0.15, -0.1) is 0 Å². The van der Waals surface area contributed by atoms with Gasteiger partial charge in [0.25, 0.3) is 0 Å². The van der Waals surface area contributed by atoms with Crippen molar-refractivity contribution in [3.63, 3.8) is 0 Å². The lowest BCUT2D eigenvalue weighted by Gasteiger charge is -2.08. The second-order valence-corrected chi connectivity index (χ2v) is 3.29. The van der Waals surface area contributed by atoms with E-state index in [1.807, 2.05) is 0 Å². The Hall–Kier alpha value is -1.29. The van der Waals surface area contributed by atoms with Crippen LogP contribution in [0.1, 0.15) is 30.1 Å². The van der Waals surface area contributed by atoms with Gasteiger partial charge < -0.3 is 5.11 Å². The largest absolute Gasteiger partial charge is 0.385 e. The van der Waals surface area contributed by atoms with Crippen molar-refractivity contribution in [1.82, 2.24) is 0 Å². The Morgan fingerprint density at radius 1 is 1.47 bits per heavy atom. The molecule has 1 aromatic carbocycles. The summed E-state index contributed by atoms with van der Waals surface area (Å²) >= 11 is 0. The Balaban J connectivity index is 2.95. The van der Waals surface area contributed by atoms with E-state index in [4.69, 9.17) is 0 Å². The first kappa shape index (κ1) is 11.8. The van der Waals surface area contributed by atoms with Gasteiger partial charge in [0.15, 0.2) is 5.78 Å². The maximum atomic E-state index is 13.1. The highest BCUT2D eigenvalue weighted by Crippen LogP contribution is 2.13. The number of rotatable bonds is 4. The number of ketones is 1. The summed E-state index contributed by atoms with van der Waals surface area (Å²) in [6, 6.07) is 2.61. The van der Waals surface area contributed by atoms with Crippen molar-refractivity contribution in [2.24, 2.45) is 0 Å². The molecule has 15 heavy (non-hydrogen) atoms. The number of carbonyl (C=O) groups is 1. The van der Waals surface area contributed by atoms with E-state index in [1.54, 1.807) is 6.92 Å². The molecule has 0 saturated heterocycles. The third kappa shape index (κ3) is 2.83. The van der Waals surface area contributed by atoms with Crippen LogP contribution in [0, 0.1) is 11.6 Å². The molecule has 0 radical (unpaired) electrons. The number of aliphatic hydroxyl groups excluding tert-OH is 1. The fourth-order valence-electron chi connectivity index (χ4n) is 1.27. The molecule has 82 valence electrons. The summed E-state index contributed by atoms with van der Waals surface area (Å²) in [6.45, 7) is 1.79. The minimum Gasteiger partial charge on any atom is -0.385 e. The van der Waals surface area contributed by atoms with Gasteiger partial charge in [-0.05, 0) is 24.6 Å². The smallest absolute Gasteiger partial charge is 0.194 e. The Bertz CT molecular complexity index is 364. The Kier molecular flexibility index (Phi) is 3.91. The molecule has 0 fully saturated rings. The van der Waals surface area contributed by atoms with Gasteiger partial charge in [-0.1, -0.05) is 13.3 Å². The number of aliphatic hydroxyl groups is 1. The van der Waals surface area contributed by atoms with Crippen LogP contribution < -0.4 is 0 Å². The van der Waals surface area contributed by atoms with Gasteiger partial charge in [0.1, 0.15) is 17.7 Å². The Morgan fingerprint density at radius 3 is 2.73 bits per heavy atom. The molecule has 0 aliphatic rings. The third-order valence-electron chi connectivity index (χ3n) is 2.06. The molecule has 4 heteroatoms. The molecule has 0 heterocycles. The number of hydrogen-bond donors (Lipinski definition) is 1. The molecule has 0 spiro atoms. The van der Waals surface area contributed by atoms with Crippen LogP contribution in [-0.2, 0) is 0 Å². The van der Waals surface area contributed by atoms with Crippen molar-refractivity contribution in [3.8, 4) is 0 Å². The zero-order valence-electron chi connectivity index (χ0n) is 8.34. The summed E-state index contributed by atoms with van der Waals surface area (Å²) in [5, 5.41) is 9.35. The molecule has 0 aliphatic heterocycles. The normalized spacial score (nSPS) is 12.5. The highest BCUT2D eigenvalue weighted by Gasteiger charge is 2.20. The second-order valence-electron chi connectivity index (χ2n) is 3.29. The summed E-state index contributed by atoms with van der Waals surface area (Å²) in [7, 11) is 0. The van der Waals surface area contributed by atoms with Gasteiger partial charge in [-0.3, -0.25) is 4.79 Å². The van der Waals surface area contributed by atoms with E-state index in [1.165, 1.54) is 0 Å². The lowest BCUT2D eigenvalue weighted by molar-refractivity contribution is 0.0724. The van der Waals surface area contributed by atoms with E-state index in [2.05, 4.69) is 0 Å². The second kappa shape index (κ2) is 4.98. The summed E-state index contributed by atoms with van der Waals surface area (Å²) in [4.78, 5) is 11.5. The van der Waals surface area contributed by atoms with Gasteiger partial charge in [-0.2, -0.15) is 0 Å². The van der Waals surface area contributed by atoms with Gasteiger partial charge in [0.05, 0.1) is 5.56 Å². The van der Waals surface area contributed by atoms with E-state index < -0.39 is 29.1 Å². The minimum absolute atomic E-state index is 0.245. The number of Topliss-reactive ketones (excluding diaryl/α,β-unsaturated/α-hetero) is 1. The topological polar surface area (TPSA) is 37.3 Å². The summed E-state index contributed by atoms with van der Waals surface area (Å²) in [5.74, 6) is -2.27. The SMILES string of the molecule is CCCC(O)C(=O)c1cc(F)ccc1F. The highest BCUT2D eigenvalue weighted by atomic mass is 19.1.